The standard InChI is InChI=1S/C18H23NO6S/c19-17-8-4-5-9-18(17)24-14-12-22-10-11-23-13-15-25-26(20,21)16-6-2-1-3-7-16/h1-9H,10-15,19H2. The summed E-state index contributed by atoms with van der Waals surface area (Å²) in [6.07, 6.45) is 0. The van der Waals surface area contributed by atoms with Crippen molar-refractivity contribution in [1.29, 1.82) is 0 Å². The van der Waals surface area contributed by atoms with Crippen LogP contribution in [-0.4, -0.2) is 48.1 Å². The van der Waals surface area contributed by atoms with Crippen molar-refractivity contribution < 1.29 is 26.8 Å². The van der Waals surface area contributed by atoms with Gasteiger partial charge in [-0.1, -0.05) is 30.3 Å². The predicted molar refractivity (Wildman–Crippen MR) is 97.6 cm³/mol. The zero-order valence-electron chi connectivity index (χ0n) is 14.4. The molecule has 0 spiro atoms. The summed E-state index contributed by atoms with van der Waals surface area (Å²) in [7, 11) is -3.73. The first-order valence-corrected chi connectivity index (χ1v) is 9.58. The Hall–Kier alpha value is -2.13. The van der Waals surface area contributed by atoms with Crippen molar-refractivity contribution in [2.45, 2.75) is 4.90 Å². The zero-order chi connectivity index (χ0) is 18.7. The number of para-hydroxylation sites is 2. The van der Waals surface area contributed by atoms with Crippen LogP contribution < -0.4 is 10.5 Å². The van der Waals surface area contributed by atoms with E-state index in [2.05, 4.69) is 0 Å². The molecule has 7 nitrogen and oxygen atoms in total. The first-order chi connectivity index (χ1) is 12.6. The molecule has 0 aromatic heterocycles. The fourth-order valence-electron chi connectivity index (χ4n) is 2.00. The Balaban J connectivity index is 1.48. The van der Waals surface area contributed by atoms with Crippen LogP contribution in [0, 0.1) is 0 Å². The molecule has 2 N–H and O–H groups in total. The van der Waals surface area contributed by atoms with Gasteiger partial charge in [-0.2, -0.15) is 8.42 Å². The average Bonchev–Trinajstić information content (AvgIpc) is 2.65. The van der Waals surface area contributed by atoms with E-state index in [-0.39, 0.29) is 18.1 Å². The maximum Gasteiger partial charge on any atom is 0.297 e. The lowest BCUT2D eigenvalue weighted by Gasteiger charge is -2.09. The smallest absolute Gasteiger partial charge is 0.297 e. The van der Waals surface area contributed by atoms with E-state index in [1.165, 1.54) is 12.1 Å². The molecule has 26 heavy (non-hydrogen) atoms. The second-order valence-electron chi connectivity index (χ2n) is 5.20. The van der Waals surface area contributed by atoms with Crippen LogP contribution in [0.5, 0.6) is 5.75 Å². The molecule has 2 aromatic carbocycles. The molecular weight excluding hydrogens is 358 g/mol. The number of benzene rings is 2. The number of ether oxygens (including phenoxy) is 3. The molecule has 142 valence electrons. The Morgan fingerprint density at radius 3 is 2.00 bits per heavy atom. The summed E-state index contributed by atoms with van der Waals surface area (Å²) in [5.74, 6) is 0.629. The molecule has 0 saturated heterocycles. The first kappa shape index (κ1) is 20.2. The van der Waals surface area contributed by atoms with E-state index in [4.69, 9.17) is 24.1 Å². The first-order valence-electron chi connectivity index (χ1n) is 8.17. The summed E-state index contributed by atoms with van der Waals surface area (Å²) in [6.45, 7) is 1.60. The van der Waals surface area contributed by atoms with E-state index in [1.807, 2.05) is 12.1 Å². The Bertz CT molecular complexity index is 751. The van der Waals surface area contributed by atoms with E-state index >= 15 is 0 Å². The average molecular weight is 381 g/mol. The van der Waals surface area contributed by atoms with Crippen LogP contribution in [0.2, 0.25) is 0 Å². The molecule has 0 aliphatic carbocycles. The third-order valence-electron chi connectivity index (χ3n) is 3.27. The quantitative estimate of drug-likeness (QED) is 0.341. The monoisotopic (exact) mass is 381 g/mol. The number of anilines is 1. The predicted octanol–water partition coefficient (Wildman–Crippen LogP) is 2.09. The SMILES string of the molecule is Nc1ccccc1OCCOCCOCCOS(=O)(=O)c1ccccc1. The van der Waals surface area contributed by atoms with Gasteiger partial charge in [-0.25, -0.2) is 0 Å². The lowest BCUT2D eigenvalue weighted by Crippen LogP contribution is -2.15. The molecule has 0 unspecified atom stereocenters. The molecule has 0 aliphatic heterocycles. The number of hydrogen-bond acceptors (Lipinski definition) is 7. The van der Waals surface area contributed by atoms with Crippen LogP contribution in [-0.2, 0) is 23.8 Å². The number of nitrogens with two attached hydrogens (primary N) is 1. The molecule has 2 rings (SSSR count). The number of rotatable bonds is 12. The highest BCUT2D eigenvalue weighted by atomic mass is 32.2. The summed E-state index contributed by atoms with van der Waals surface area (Å²) in [5, 5.41) is 0. The summed E-state index contributed by atoms with van der Waals surface area (Å²) in [4.78, 5) is 0.127. The highest BCUT2D eigenvalue weighted by Gasteiger charge is 2.13. The lowest BCUT2D eigenvalue weighted by molar-refractivity contribution is 0.0280. The van der Waals surface area contributed by atoms with Crippen LogP contribution in [0.3, 0.4) is 0 Å². The highest BCUT2D eigenvalue weighted by molar-refractivity contribution is 7.86. The van der Waals surface area contributed by atoms with Crippen molar-refractivity contribution in [2.24, 2.45) is 0 Å². The molecule has 0 heterocycles. The van der Waals surface area contributed by atoms with Crippen molar-refractivity contribution in [3.63, 3.8) is 0 Å². The van der Waals surface area contributed by atoms with Gasteiger partial charge in [-0.3, -0.25) is 4.18 Å². The third kappa shape index (κ3) is 7.01. The minimum Gasteiger partial charge on any atom is -0.489 e. The topological polar surface area (TPSA) is 97.1 Å². The van der Waals surface area contributed by atoms with Crippen molar-refractivity contribution in [3.05, 3.63) is 54.6 Å². The van der Waals surface area contributed by atoms with Gasteiger partial charge >= 0.3 is 0 Å². The molecular formula is C18H23NO6S. The van der Waals surface area contributed by atoms with E-state index in [9.17, 15) is 8.42 Å². The minimum atomic E-state index is -3.73. The van der Waals surface area contributed by atoms with Crippen molar-refractivity contribution in [3.8, 4) is 5.75 Å². The molecule has 0 radical (unpaired) electrons. The lowest BCUT2D eigenvalue weighted by atomic mass is 10.3. The fourth-order valence-corrected chi connectivity index (χ4v) is 2.92. The Morgan fingerprint density at radius 2 is 1.31 bits per heavy atom. The molecule has 0 aliphatic rings. The maximum atomic E-state index is 11.9. The second-order valence-corrected chi connectivity index (χ2v) is 6.82. The van der Waals surface area contributed by atoms with E-state index in [1.54, 1.807) is 30.3 Å². The summed E-state index contributed by atoms with van der Waals surface area (Å²) in [6, 6.07) is 15.2. The third-order valence-corrected chi connectivity index (χ3v) is 4.60. The summed E-state index contributed by atoms with van der Waals surface area (Å²) in [5.41, 5.74) is 6.34. The summed E-state index contributed by atoms with van der Waals surface area (Å²) >= 11 is 0. The van der Waals surface area contributed by atoms with E-state index in [0.717, 1.165) is 0 Å². The van der Waals surface area contributed by atoms with Gasteiger partial charge in [-0.15, -0.1) is 0 Å². The van der Waals surface area contributed by atoms with Gasteiger partial charge in [0.15, 0.2) is 0 Å². The van der Waals surface area contributed by atoms with Crippen LogP contribution in [0.25, 0.3) is 0 Å². The van der Waals surface area contributed by atoms with Crippen LogP contribution >= 0.6 is 0 Å². The molecule has 0 atom stereocenters. The maximum absolute atomic E-state index is 11.9. The Labute approximate surface area is 153 Å². The van der Waals surface area contributed by atoms with Gasteiger partial charge in [0.25, 0.3) is 10.1 Å². The van der Waals surface area contributed by atoms with E-state index in [0.29, 0.717) is 37.9 Å². The molecule has 0 fully saturated rings. The van der Waals surface area contributed by atoms with Gasteiger partial charge < -0.3 is 19.9 Å². The largest absolute Gasteiger partial charge is 0.489 e. The minimum absolute atomic E-state index is 0.0480. The van der Waals surface area contributed by atoms with Crippen LogP contribution in [0.4, 0.5) is 5.69 Å². The Morgan fingerprint density at radius 1 is 0.731 bits per heavy atom. The van der Waals surface area contributed by atoms with Crippen molar-refractivity contribution in [1.82, 2.24) is 0 Å². The molecule has 0 bridgehead atoms. The highest BCUT2D eigenvalue weighted by Crippen LogP contribution is 2.19. The van der Waals surface area contributed by atoms with Crippen LogP contribution in [0.15, 0.2) is 59.5 Å². The van der Waals surface area contributed by atoms with Gasteiger partial charge in [-0.05, 0) is 24.3 Å². The Kier molecular flexibility index (Phi) is 8.36. The van der Waals surface area contributed by atoms with E-state index < -0.39 is 10.1 Å². The van der Waals surface area contributed by atoms with Gasteiger partial charge in [0.2, 0.25) is 0 Å². The molecule has 0 amide bonds. The van der Waals surface area contributed by atoms with Gasteiger partial charge in [0, 0.05) is 0 Å². The summed E-state index contributed by atoms with van der Waals surface area (Å²) < 4.78 is 44.7. The molecule has 2 aromatic rings. The number of nitrogen functional groups attached to an aromatic ring is 1. The molecule has 8 heteroatoms. The van der Waals surface area contributed by atoms with Gasteiger partial charge in [0.05, 0.1) is 43.6 Å². The fraction of sp³-hybridized carbons (Fsp3) is 0.333. The normalized spacial score (nSPS) is 11.4. The second kappa shape index (κ2) is 10.8. The van der Waals surface area contributed by atoms with Crippen LogP contribution in [0.1, 0.15) is 0 Å². The zero-order valence-corrected chi connectivity index (χ0v) is 15.2. The molecule has 0 saturated carbocycles. The van der Waals surface area contributed by atoms with Crippen molar-refractivity contribution >= 4 is 15.8 Å². The van der Waals surface area contributed by atoms with Crippen molar-refractivity contribution in [2.75, 3.05) is 45.4 Å². The number of hydrogen-bond donors (Lipinski definition) is 1. The van der Waals surface area contributed by atoms with Gasteiger partial charge in [0.1, 0.15) is 12.4 Å².